The summed E-state index contributed by atoms with van der Waals surface area (Å²) in [5.74, 6) is 0.741. The number of hydrogen-bond acceptors (Lipinski definition) is 3. The summed E-state index contributed by atoms with van der Waals surface area (Å²) in [6.45, 7) is 0. The Bertz CT molecular complexity index is 318. The van der Waals surface area contributed by atoms with Crippen LogP contribution in [0.4, 0.5) is 0 Å². The molecule has 1 aromatic carbocycles. The molecule has 0 unspecified atom stereocenters. The zero-order chi connectivity index (χ0) is 7.52. The second kappa shape index (κ2) is 2.54. The molecule has 1 aliphatic rings. The molecular formula is C8H6N2O. The van der Waals surface area contributed by atoms with Crippen LogP contribution >= 0.6 is 0 Å². The minimum atomic E-state index is 0.741. The summed E-state index contributed by atoms with van der Waals surface area (Å²) in [5, 5.41) is 7.06. The maximum absolute atomic E-state index is 4.94. The number of nitrogens with zero attached hydrogens (tertiary/aromatic N) is 2. The molecule has 3 nitrogen and oxygen atoms in total. The van der Waals surface area contributed by atoms with E-state index in [0.29, 0.717) is 0 Å². The van der Waals surface area contributed by atoms with Gasteiger partial charge in [-0.3, -0.25) is 0 Å². The van der Waals surface area contributed by atoms with Gasteiger partial charge in [-0.15, -0.1) is 5.11 Å². The molecule has 0 saturated heterocycles. The summed E-state index contributed by atoms with van der Waals surface area (Å²) in [4.78, 5) is 4.94. The number of fused-ring (bicyclic) bond motifs is 1. The molecule has 1 aromatic rings. The normalized spacial score (nSPS) is 13.5. The summed E-state index contributed by atoms with van der Waals surface area (Å²) < 4.78 is 0. The number of para-hydroxylation sites is 1. The second-order valence-corrected chi connectivity index (χ2v) is 2.14. The lowest BCUT2D eigenvalue weighted by Gasteiger charge is -1.97. The third-order valence-corrected chi connectivity index (χ3v) is 1.43. The van der Waals surface area contributed by atoms with E-state index in [9.17, 15) is 0 Å². The van der Waals surface area contributed by atoms with Gasteiger partial charge in [0.15, 0.2) is 5.75 Å². The highest BCUT2D eigenvalue weighted by Crippen LogP contribution is 2.21. The lowest BCUT2D eigenvalue weighted by atomic mass is 10.2. The zero-order valence-corrected chi connectivity index (χ0v) is 5.77. The molecule has 1 heterocycles. The molecule has 0 fully saturated rings. The molecule has 1 aliphatic heterocycles. The fraction of sp³-hybridized carbons (Fsp3) is 0. The van der Waals surface area contributed by atoms with Gasteiger partial charge in [0.05, 0.1) is 6.20 Å². The Balaban J connectivity index is 2.52. The number of benzene rings is 1. The largest absolute Gasteiger partial charge is 0.339 e. The molecule has 0 spiro atoms. The first kappa shape index (κ1) is 6.09. The molecule has 11 heavy (non-hydrogen) atoms. The van der Waals surface area contributed by atoms with Crippen molar-refractivity contribution in [2.24, 2.45) is 10.4 Å². The van der Waals surface area contributed by atoms with E-state index in [1.165, 1.54) is 0 Å². The summed E-state index contributed by atoms with van der Waals surface area (Å²) >= 11 is 0. The van der Waals surface area contributed by atoms with Gasteiger partial charge >= 0.3 is 0 Å². The highest BCUT2D eigenvalue weighted by atomic mass is 16.6. The fourth-order valence-corrected chi connectivity index (χ4v) is 0.910. The predicted molar refractivity (Wildman–Crippen MR) is 41.0 cm³/mol. The summed E-state index contributed by atoms with van der Waals surface area (Å²) in [6.07, 6.45) is 3.46. The molecule has 2 rings (SSSR count). The van der Waals surface area contributed by atoms with E-state index in [0.717, 1.165) is 11.3 Å². The van der Waals surface area contributed by atoms with E-state index in [2.05, 4.69) is 10.4 Å². The van der Waals surface area contributed by atoms with Gasteiger partial charge in [0, 0.05) is 10.8 Å². The minimum absolute atomic E-state index is 0.741. The van der Waals surface area contributed by atoms with Crippen LogP contribution in [0.5, 0.6) is 5.75 Å². The molecular weight excluding hydrogens is 140 g/mol. The van der Waals surface area contributed by atoms with Crippen molar-refractivity contribution in [3.63, 3.8) is 0 Å². The molecule has 0 bridgehead atoms. The van der Waals surface area contributed by atoms with Crippen LogP contribution in [0.2, 0.25) is 0 Å². The summed E-state index contributed by atoms with van der Waals surface area (Å²) in [7, 11) is 0. The van der Waals surface area contributed by atoms with Gasteiger partial charge in [-0.1, -0.05) is 18.2 Å². The SMILES string of the molecule is C1=Cc2ccccc2ON=N1. The van der Waals surface area contributed by atoms with Crippen molar-refractivity contribution in [2.45, 2.75) is 0 Å². The van der Waals surface area contributed by atoms with Crippen LogP contribution in [-0.4, -0.2) is 0 Å². The van der Waals surface area contributed by atoms with Gasteiger partial charge in [-0.2, -0.15) is 0 Å². The first-order chi connectivity index (χ1) is 5.47. The average Bonchev–Trinajstić information content (AvgIpc) is 2.28. The first-order valence-electron chi connectivity index (χ1n) is 3.29. The van der Waals surface area contributed by atoms with Gasteiger partial charge in [0.25, 0.3) is 0 Å². The van der Waals surface area contributed by atoms with E-state index in [1.54, 1.807) is 6.20 Å². The summed E-state index contributed by atoms with van der Waals surface area (Å²) in [5.41, 5.74) is 0.998. The molecule has 0 radical (unpaired) electrons. The average molecular weight is 146 g/mol. The van der Waals surface area contributed by atoms with Crippen LogP contribution < -0.4 is 4.84 Å². The van der Waals surface area contributed by atoms with Crippen LogP contribution in [0.3, 0.4) is 0 Å². The Morgan fingerprint density at radius 1 is 1.18 bits per heavy atom. The molecule has 3 heteroatoms. The Labute approximate surface area is 64.0 Å². The van der Waals surface area contributed by atoms with Gasteiger partial charge in [0.2, 0.25) is 0 Å². The lowest BCUT2D eigenvalue weighted by Crippen LogP contribution is -1.81. The van der Waals surface area contributed by atoms with Crippen molar-refractivity contribution in [1.82, 2.24) is 0 Å². The van der Waals surface area contributed by atoms with Crippen LogP contribution in [-0.2, 0) is 0 Å². The number of hydrogen-bond donors (Lipinski definition) is 0. The van der Waals surface area contributed by atoms with Crippen LogP contribution in [0.1, 0.15) is 5.56 Å². The monoisotopic (exact) mass is 146 g/mol. The van der Waals surface area contributed by atoms with Crippen molar-refractivity contribution in [3.05, 3.63) is 36.0 Å². The van der Waals surface area contributed by atoms with E-state index in [4.69, 9.17) is 4.84 Å². The molecule has 0 atom stereocenters. The van der Waals surface area contributed by atoms with E-state index in [-0.39, 0.29) is 0 Å². The third kappa shape index (κ3) is 1.12. The topological polar surface area (TPSA) is 34.0 Å². The first-order valence-corrected chi connectivity index (χ1v) is 3.29. The van der Waals surface area contributed by atoms with Crippen molar-refractivity contribution in [3.8, 4) is 5.75 Å². The predicted octanol–water partition coefficient (Wildman–Crippen LogP) is 2.42. The minimum Gasteiger partial charge on any atom is -0.339 e. The van der Waals surface area contributed by atoms with E-state index < -0.39 is 0 Å². The quantitative estimate of drug-likeness (QED) is 0.553. The second-order valence-electron chi connectivity index (χ2n) is 2.14. The van der Waals surface area contributed by atoms with Crippen molar-refractivity contribution in [1.29, 1.82) is 0 Å². The van der Waals surface area contributed by atoms with Crippen molar-refractivity contribution in [2.75, 3.05) is 0 Å². The van der Waals surface area contributed by atoms with Gasteiger partial charge in [-0.25, -0.2) is 0 Å². The summed E-state index contributed by atoms with van der Waals surface area (Å²) in [6, 6.07) is 7.64. The Hall–Kier alpha value is -1.64. The molecule has 0 N–H and O–H groups in total. The Morgan fingerprint density at radius 3 is 3.09 bits per heavy atom. The number of rotatable bonds is 0. The lowest BCUT2D eigenvalue weighted by molar-refractivity contribution is 0.313. The molecule has 0 saturated carbocycles. The molecule has 0 aromatic heterocycles. The maximum atomic E-state index is 4.94. The highest BCUT2D eigenvalue weighted by Gasteiger charge is 2.00. The van der Waals surface area contributed by atoms with Crippen LogP contribution in [0, 0.1) is 0 Å². The van der Waals surface area contributed by atoms with Crippen LogP contribution in [0.25, 0.3) is 6.08 Å². The van der Waals surface area contributed by atoms with Crippen LogP contribution in [0.15, 0.2) is 40.9 Å². The van der Waals surface area contributed by atoms with E-state index in [1.807, 2.05) is 30.3 Å². The van der Waals surface area contributed by atoms with Gasteiger partial charge < -0.3 is 4.84 Å². The standard InChI is InChI=1S/C8H6N2O/c1-2-4-8-7(3-1)5-6-9-10-11-8/h1-6H. The fourth-order valence-electron chi connectivity index (χ4n) is 0.910. The van der Waals surface area contributed by atoms with Crippen molar-refractivity contribution < 1.29 is 4.84 Å². The smallest absolute Gasteiger partial charge is 0.167 e. The molecule has 0 aliphatic carbocycles. The van der Waals surface area contributed by atoms with Crippen molar-refractivity contribution >= 4 is 6.08 Å². The molecule has 0 amide bonds. The Morgan fingerprint density at radius 2 is 2.09 bits per heavy atom. The Kier molecular flexibility index (Phi) is 1.41. The zero-order valence-electron chi connectivity index (χ0n) is 5.77. The molecule has 54 valence electrons. The van der Waals surface area contributed by atoms with E-state index >= 15 is 0 Å². The van der Waals surface area contributed by atoms with Gasteiger partial charge in [0.1, 0.15) is 0 Å². The highest BCUT2D eigenvalue weighted by molar-refractivity contribution is 5.57. The maximum Gasteiger partial charge on any atom is 0.167 e. The third-order valence-electron chi connectivity index (χ3n) is 1.43. The van der Waals surface area contributed by atoms with Gasteiger partial charge in [-0.05, 0) is 12.1 Å².